The van der Waals surface area contributed by atoms with Crippen LogP contribution in [0.2, 0.25) is 5.02 Å². The standard InChI is InChI=1S/C8H9ClN2O2/c1-5-2-6(4-10)3-7(8(5)9)11(12)13/h2-3H,4,10H2,1H3. The summed E-state index contributed by atoms with van der Waals surface area (Å²) in [5, 5.41) is 10.7. The molecule has 0 saturated carbocycles. The van der Waals surface area contributed by atoms with Gasteiger partial charge in [0.1, 0.15) is 5.02 Å². The van der Waals surface area contributed by atoms with Gasteiger partial charge < -0.3 is 5.73 Å². The number of halogens is 1. The lowest BCUT2D eigenvalue weighted by atomic mass is 10.1. The minimum absolute atomic E-state index is 0.0814. The number of hydrogen-bond acceptors (Lipinski definition) is 3. The molecule has 2 N–H and O–H groups in total. The zero-order valence-electron chi connectivity index (χ0n) is 7.08. The maximum absolute atomic E-state index is 10.5. The molecule has 0 unspecified atom stereocenters. The number of aryl methyl sites for hydroxylation is 1. The number of rotatable bonds is 2. The lowest BCUT2D eigenvalue weighted by Gasteiger charge is -2.02. The van der Waals surface area contributed by atoms with Crippen molar-refractivity contribution < 1.29 is 4.92 Å². The second-order valence-electron chi connectivity index (χ2n) is 2.71. The molecule has 70 valence electrons. The smallest absolute Gasteiger partial charge is 0.288 e. The van der Waals surface area contributed by atoms with Gasteiger partial charge in [-0.05, 0) is 18.1 Å². The van der Waals surface area contributed by atoms with Gasteiger partial charge in [0, 0.05) is 12.6 Å². The van der Waals surface area contributed by atoms with Crippen molar-refractivity contribution in [3.63, 3.8) is 0 Å². The lowest BCUT2D eigenvalue weighted by Crippen LogP contribution is -1.99. The molecule has 0 saturated heterocycles. The summed E-state index contributed by atoms with van der Waals surface area (Å²) in [7, 11) is 0. The molecule has 4 nitrogen and oxygen atoms in total. The van der Waals surface area contributed by atoms with Crippen molar-refractivity contribution >= 4 is 17.3 Å². The lowest BCUT2D eigenvalue weighted by molar-refractivity contribution is -0.384. The molecule has 0 aromatic heterocycles. The quantitative estimate of drug-likeness (QED) is 0.587. The van der Waals surface area contributed by atoms with E-state index in [1.807, 2.05) is 0 Å². The summed E-state index contributed by atoms with van der Waals surface area (Å²) in [6, 6.07) is 3.14. The van der Waals surface area contributed by atoms with E-state index in [4.69, 9.17) is 17.3 Å². The third-order valence-electron chi connectivity index (χ3n) is 1.73. The highest BCUT2D eigenvalue weighted by molar-refractivity contribution is 6.33. The van der Waals surface area contributed by atoms with E-state index < -0.39 is 4.92 Å². The zero-order chi connectivity index (χ0) is 10.0. The zero-order valence-corrected chi connectivity index (χ0v) is 7.84. The van der Waals surface area contributed by atoms with E-state index in [0.29, 0.717) is 11.1 Å². The molecule has 0 aliphatic heterocycles. The molecule has 0 atom stereocenters. The number of nitrogens with zero attached hydrogens (tertiary/aromatic N) is 1. The molecule has 0 aliphatic carbocycles. The minimum Gasteiger partial charge on any atom is -0.326 e. The Morgan fingerprint density at radius 2 is 2.23 bits per heavy atom. The van der Waals surface area contributed by atoms with Gasteiger partial charge in [-0.3, -0.25) is 10.1 Å². The van der Waals surface area contributed by atoms with Crippen molar-refractivity contribution in [3.05, 3.63) is 38.4 Å². The molecule has 0 amide bonds. The van der Waals surface area contributed by atoms with Crippen molar-refractivity contribution in [2.24, 2.45) is 5.73 Å². The molecule has 0 heterocycles. The van der Waals surface area contributed by atoms with Crippen LogP contribution >= 0.6 is 11.6 Å². The number of nitro groups is 1. The molecule has 0 spiro atoms. The minimum atomic E-state index is -0.505. The molecule has 0 aliphatic rings. The fourth-order valence-electron chi connectivity index (χ4n) is 1.07. The first-order chi connectivity index (χ1) is 6.06. The van der Waals surface area contributed by atoms with Crippen molar-refractivity contribution in [1.29, 1.82) is 0 Å². The Hall–Kier alpha value is -1.13. The van der Waals surface area contributed by atoms with E-state index in [1.165, 1.54) is 6.07 Å². The second kappa shape index (κ2) is 3.72. The van der Waals surface area contributed by atoms with Gasteiger partial charge in [-0.15, -0.1) is 0 Å². The molecule has 5 heteroatoms. The van der Waals surface area contributed by atoms with Gasteiger partial charge in [0.15, 0.2) is 0 Å². The predicted octanol–water partition coefficient (Wildman–Crippen LogP) is 2.02. The Morgan fingerprint density at radius 3 is 2.69 bits per heavy atom. The third kappa shape index (κ3) is 1.96. The number of nitrogens with two attached hydrogens (primary N) is 1. The third-order valence-corrected chi connectivity index (χ3v) is 2.22. The van der Waals surface area contributed by atoms with Crippen molar-refractivity contribution in [2.45, 2.75) is 13.5 Å². The summed E-state index contributed by atoms with van der Waals surface area (Å²) in [6.07, 6.45) is 0. The molecular formula is C8H9ClN2O2. The number of benzene rings is 1. The Bertz CT molecular complexity index is 352. The number of hydrogen-bond donors (Lipinski definition) is 1. The normalized spacial score (nSPS) is 10.1. The van der Waals surface area contributed by atoms with Crippen LogP contribution in [0.1, 0.15) is 11.1 Å². The van der Waals surface area contributed by atoms with Crippen LogP contribution in [0.25, 0.3) is 0 Å². The van der Waals surface area contributed by atoms with Gasteiger partial charge in [-0.1, -0.05) is 17.7 Å². The van der Waals surface area contributed by atoms with Gasteiger partial charge in [0.05, 0.1) is 4.92 Å². The molecule has 0 bridgehead atoms. The first kappa shape index (κ1) is 9.95. The maximum Gasteiger partial charge on any atom is 0.288 e. The summed E-state index contributed by atoms with van der Waals surface area (Å²) >= 11 is 5.73. The van der Waals surface area contributed by atoms with Crippen molar-refractivity contribution in [1.82, 2.24) is 0 Å². The summed E-state index contributed by atoms with van der Waals surface area (Å²) in [5.74, 6) is 0. The first-order valence-electron chi connectivity index (χ1n) is 3.69. The van der Waals surface area contributed by atoms with Gasteiger partial charge in [0.2, 0.25) is 0 Å². The Kier molecular flexibility index (Phi) is 2.85. The average Bonchev–Trinajstić information content (AvgIpc) is 2.09. The van der Waals surface area contributed by atoms with Crippen LogP contribution in [0.4, 0.5) is 5.69 Å². The molecule has 0 fully saturated rings. The molecule has 13 heavy (non-hydrogen) atoms. The van der Waals surface area contributed by atoms with E-state index >= 15 is 0 Å². The monoisotopic (exact) mass is 200 g/mol. The molecule has 0 radical (unpaired) electrons. The van der Waals surface area contributed by atoms with E-state index in [0.717, 1.165) is 0 Å². The Labute approximate surface area is 80.5 Å². The highest BCUT2D eigenvalue weighted by Gasteiger charge is 2.14. The second-order valence-corrected chi connectivity index (χ2v) is 3.09. The van der Waals surface area contributed by atoms with Gasteiger partial charge >= 0.3 is 0 Å². The SMILES string of the molecule is Cc1cc(CN)cc([N+](=O)[O-])c1Cl. The van der Waals surface area contributed by atoms with E-state index in [9.17, 15) is 10.1 Å². The van der Waals surface area contributed by atoms with Crippen molar-refractivity contribution in [3.8, 4) is 0 Å². The van der Waals surface area contributed by atoms with E-state index in [2.05, 4.69) is 0 Å². The van der Waals surface area contributed by atoms with Crippen LogP contribution < -0.4 is 5.73 Å². The van der Waals surface area contributed by atoms with Gasteiger partial charge in [-0.2, -0.15) is 0 Å². The summed E-state index contributed by atoms with van der Waals surface area (Å²) in [6.45, 7) is 1.99. The van der Waals surface area contributed by atoms with Crippen LogP contribution in [0.3, 0.4) is 0 Å². The summed E-state index contributed by atoms with van der Waals surface area (Å²) in [5.41, 5.74) is 6.68. The molecule has 1 rings (SSSR count). The van der Waals surface area contributed by atoms with Crippen LogP contribution in [-0.4, -0.2) is 4.92 Å². The molecule has 1 aromatic carbocycles. The fraction of sp³-hybridized carbons (Fsp3) is 0.250. The number of nitro benzene ring substituents is 1. The maximum atomic E-state index is 10.5. The molecule has 1 aromatic rings. The fourth-order valence-corrected chi connectivity index (χ4v) is 1.25. The first-order valence-corrected chi connectivity index (χ1v) is 4.07. The summed E-state index contributed by atoms with van der Waals surface area (Å²) < 4.78 is 0. The molecular weight excluding hydrogens is 192 g/mol. The Morgan fingerprint density at radius 1 is 1.62 bits per heavy atom. The van der Waals surface area contributed by atoms with E-state index in [1.54, 1.807) is 13.0 Å². The highest BCUT2D eigenvalue weighted by Crippen LogP contribution is 2.28. The largest absolute Gasteiger partial charge is 0.326 e. The van der Waals surface area contributed by atoms with E-state index in [-0.39, 0.29) is 17.3 Å². The van der Waals surface area contributed by atoms with Crippen LogP contribution in [0.5, 0.6) is 0 Å². The predicted molar refractivity (Wildman–Crippen MR) is 50.7 cm³/mol. The van der Waals surface area contributed by atoms with Crippen LogP contribution in [0, 0.1) is 17.0 Å². The Balaban J connectivity index is 3.33. The average molecular weight is 201 g/mol. The highest BCUT2D eigenvalue weighted by atomic mass is 35.5. The summed E-state index contributed by atoms with van der Waals surface area (Å²) in [4.78, 5) is 10.0. The van der Waals surface area contributed by atoms with Gasteiger partial charge in [-0.25, -0.2) is 0 Å². The topological polar surface area (TPSA) is 69.2 Å². The van der Waals surface area contributed by atoms with Crippen LogP contribution in [0.15, 0.2) is 12.1 Å². The van der Waals surface area contributed by atoms with Crippen LogP contribution in [-0.2, 0) is 6.54 Å². The van der Waals surface area contributed by atoms with Gasteiger partial charge in [0.25, 0.3) is 5.69 Å². The van der Waals surface area contributed by atoms with Crippen molar-refractivity contribution in [2.75, 3.05) is 0 Å².